The largest absolute Gasteiger partial charge is 0.492 e. The van der Waals surface area contributed by atoms with E-state index in [4.69, 9.17) is 9.88 Å². The number of ether oxygens (including phenoxy) is 1. The Morgan fingerprint density at radius 1 is 1.43 bits per heavy atom. The number of hydrogen-bond acceptors (Lipinski definition) is 3. The van der Waals surface area contributed by atoms with Crippen molar-refractivity contribution in [3.8, 4) is 5.75 Å². The molecule has 1 aromatic carbocycles. The standard InChI is InChI=1S/C8H10BrNO3S/c9-7-2-1-3-8(6-7)13-4-5-14(10,11)12/h1-3,6H,4-5H2,(H2,10,11,12). The quantitative estimate of drug-likeness (QED) is 0.898. The number of halogens is 1. The highest BCUT2D eigenvalue weighted by molar-refractivity contribution is 9.10. The topological polar surface area (TPSA) is 69.4 Å². The SMILES string of the molecule is NS(=O)(=O)CCOc1cccc(Br)c1. The van der Waals surface area contributed by atoms with Gasteiger partial charge in [-0.05, 0) is 18.2 Å². The van der Waals surface area contributed by atoms with Crippen molar-refractivity contribution in [2.45, 2.75) is 0 Å². The second-order valence-electron chi connectivity index (χ2n) is 2.67. The molecule has 0 aliphatic rings. The van der Waals surface area contributed by atoms with Gasteiger partial charge in [0.1, 0.15) is 12.4 Å². The van der Waals surface area contributed by atoms with Crippen LogP contribution in [0.3, 0.4) is 0 Å². The van der Waals surface area contributed by atoms with Crippen molar-refractivity contribution in [1.29, 1.82) is 0 Å². The van der Waals surface area contributed by atoms with Crippen molar-refractivity contribution < 1.29 is 13.2 Å². The van der Waals surface area contributed by atoms with Crippen LogP contribution < -0.4 is 9.88 Å². The van der Waals surface area contributed by atoms with Gasteiger partial charge in [-0.25, -0.2) is 13.6 Å². The summed E-state index contributed by atoms with van der Waals surface area (Å²) in [7, 11) is -3.44. The van der Waals surface area contributed by atoms with E-state index in [1.54, 1.807) is 18.2 Å². The van der Waals surface area contributed by atoms with Gasteiger partial charge < -0.3 is 4.74 Å². The lowest BCUT2D eigenvalue weighted by atomic mass is 10.3. The van der Waals surface area contributed by atoms with Gasteiger partial charge in [0.05, 0.1) is 5.75 Å². The van der Waals surface area contributed by atoms with E-state index < -0.39 is 10.0 Å². The molecule has 0 aliphatic carbocycles. The van der Waals surface area contributed by atoms with Crippen molar-refractivity contribution in [3.63, 3.8) is 0 Å². The molecule has 0 saturated heterocycles. The first kappa shape index (κ1) is 11.5. The molecule has 0 spiro atoms. The minimum absolute atomic E-state index is 0.0648. The first-order valence-corrected chi connectivity index (χ1v) is 6.37. The second-order valence-corrected chi connectivity index (χ2v) is 5.32. The molecule has 0 saturated carbocycles. The molecule has 4 nitrogen and oxygen atoms in total. The van der Waals surface area contributed by atoms with Crippen LogP contribution in [0.25, 0.3) is 0 Å². The van der Waals surface area contributed by atoms with Crippen LogP contribution in [-0.4, -0.2) is 20.8 Å². The van der Waals surface area contributed by atoms with E-state index in [0.717, 1.165) is 4.47 Å². The molecule has 0 amide bonds. The Bertz CT molecular complexity index is 405. The Labute approximate surface area is 91.2 Å². The lowest BCUT2D eigenvalue weighted by molar-refractivity contribution is 0.340. The number of sulfonamides is 1. The third-order valence-electron chi connectivity index (χ3n) is 1.43. The first-order chi connectivity index (χ1) is 6.47. The third-order valence-corrected chi connectivity index (χ3v) is 2.66. The molecule has 0 bridgehead atoms. The van der Waals surface area contributed by atoms with Crippen molar-refractivity contribution in [1.82, 2.24) is 0 Å². The Morgan fingerprint density at radius 2 is 2.14 bits per heavy atom. The van der Waals surface area contributed by atoms with Gasteiger partial charge >= 0.3 is 0 Å². The van der Waals surface area contributed by atoms with Gasteiger partial charge in [0.15, 0.2) is 0 Å². The first-order valence-electron chi connectivity index (χ1n) is 3.86. The lowest BCUT2D eigenvalue weighted by Crippen LogP contribution is -2.21. The molecule has 78 valence electrons. The summed E-state index contributed by atoms with van der Waals surface area (Å²) in [5, 5.41) is 4.81. The Balaban J connectivity index is 2.47. The van der Waals surface area contributed by atoms with Crippen LogP contribution in [0.2, 0.25) is 0 Å². The zero-order valence-corrected chi connectivity index (χ0v) is 9.71. The Morgan fingerprint density at radius 3 is 2.71 bits per heavy atom. The third kappa shape index (κ3) is 4.59. The fourth-order valence-electron chi connectivity index (χ4n) is 0.832. The van der Waals surface area contributed by atoms with Crippen LogP contribution in [0, 0.1) is 0 Å². The molecule has 1 rings (SSSR count). The van der Waals surface area contributed by atoms with E-state index >= 15 is 0 Å². The predicted molar refractivity (Wildman–Crippen MR) is 57.6 cm³/mol. The number of nitrogens with two attached hydrogens (primary N) is 1. The van der Waals surface area contributed by atoms with E-state index in [1.165, 1.54) is 0 Å². The van der Waals surface area contributed by atoms with Crippen molar-refractivity contribution >= 4 is 26.0 Å². The minimum atomic E-state index is -3.44. The number of primary sulfonamides is 1. The van der Waals surface area contributed by atoms with E-state index in [-0.39, 0.29) is 12.4 Å². The maximum Gasteiger partial charge on any atom is 0.212 e. The van der Waals surface area contributed by atoms with Gasteiger partial charge in [0.2, 0.25) is 10.0 Å². The molecule has 0 atom stereocenters. The summed E-state index contributed by atoms with van der Waals surface area (Å²) in [5.41, 5.74) is 0. The zero-order valence-electron chi connectivity index (χ0n) is 7.31. The highest BCUT2D eigenvalue weighted by Crippen LogP contribution is 2.17. The van der Waals surface area contributed by atoms with Crippen LogP contribution in [-0.2, 0) is 10.0 Å². The molecule has 6 heteroatoms. The number of hydrogen-bond donors (Lipinski definition) is 1. The molecule has 0 aromatic heterocycles. The van der Waals surface area contributed by atoms with Gasteiger partial charge in [-0.3, -0.25) is 0 Å². The van der Waals surface area contributed by atoms with E-state index in [1.807, 2.05) is 6.07 Å². The Kier molecular flexibility index (Phi) is 3.91. The maximum atomic E-state index is 10.6. The summed E-state index contributed by atoms with van der Waals surface area (Å²) in [5.74, 6) is 0.433. The van der Waals surface area contributed by atoms with Crippen molar-refractivity contribution in [2.75, 3.05) is 12.4 Å². The van der Waals surface area contributed by atoms with E-state index in [9.17, 15) is 8.42 Å². The molecular formula is C8H10BrNO3S. The monoisotopic (exact) mass is 279 g/mol. The molecule has 14 heavy (non-hydrogen) atoms. The molecule has 0 heterocycles. The van der Waals surface area contributed by atoms with Gasteiger partial charge in [-0.1, -0.05) is 22.0 Å². The molecule has 0 fully saturated rings. The van der Waals surface area contributed by atoms with Crippen LogP contribution in [0.5, 0.6) is 5.75 Å². The average Bonchev–Trinajstić information content (AvgIpc) is 2.01. The predicted octanol–water partition coefficient (Wildman–Crippen LogP) is 1.12. The molecule has 2 N–H and O–H groups in total. The highest BCUT2D eigenvalue weighted by atomic mass is 79.9. The van der Waals surface area contributed by atoms with Gasteiger partial charge in [-0.2, -0.15) is 0 Å². The second kappa shape index (κ2) is 4.77. The van der Waals surface area contributed by atoms with Crippen LogP contribution in [0.15, 0.2) is 28.7 Å². The summed E-state index contributed by atoms with van der Waals surface area (Å²) in [4.78, 5) is 0. The van der Waals surface area contributed by atoms with Crippen molar-refractivity contribution in [3.05, 3.63) is 28.7 Å². The number of rotatable bonds is 4. The zero-order chi connectivity index (χ0) is 10.6. The minimum Gasteiger partial charge on any atom is -0.492 e. The molecule has 1 aromatic rings. The van der Waals surface area contributed by atoms with Gasteiger partial charge in [0, 0.05) is 4.47 Å². The normalized spacial score (nSPS) is 11.3. The van der Waals surface area contributed by atoms with Crippen LogP contribution in [0.1, 0.15) is 0 Å². The van der Waals surface area contributed by atoms with E-state index in [2.05, 4.69) is 15.9 Å². The van der Waals surface area contributed by atoms with Crippen LogP contribution >= 0.6 is 15.9 Å². The Hall–Kier alpha value is -0.590. The summed E-state index contributed by atoms with van der Waals surface area (Å²) < 4.78 is 27.2. The fraction of sp³-hybridized carbons (Fsp3) is 0.250. The van der Waals surface area contributed by atoms with Crippen LogP contribution in [0.4, 0.5) is 0 Å². The summed E-state index contributed by atoms with van der Waals surface area (Å²) in [6, 6.07) is 7.15. The highest BCUT2D eigenvalue weighted by Gasteiger charge is 2.02. The summed E-state index contributed by atoms with van der Waals surface area (Å²) in [6.45, 7) is 0.0648. The molecule has 0 unspecified atom stereocenters. The lowest BCUT2D eigenvalue weighted by Gasteiger charge is -2.04. The molecule has 0 radical (unpaired) electrons. The smallest absolute Gasteiger partial charge is 0.212 e. The summed E-state index contributed by atoms with van der Waals surface area (Å²) in [6.07, 6.45) is 0. The maximum absolute atomic E-state index is 10.6. The average molecular weight is 280 g/mol. The van der Waals surface area contributed by atoms with Gasteiger partial charge in [-0.15, -0.1) is 0 Å². The van der Waals surface area contributed by atoms with Crippen molar-refractivity contribution in [2.24, 2.45) is 5.14 Å². The fourth-order valence-corrected chi connectivity index (χ4v) is 1.53. The van der Waals surface area contributed by atoms with E-state index in [0.29, 0.717) is 5.75 Å². The molecular weight excluding hydrogens is 270 g/mol. The summed E-state index contributed by atoms with van der Waals surface area (Å²) >= 11 is 3.27. The molecule has 0 aliphatic heterocycles. The van der Waals surface area contributed by atoms with Gasteiger partial charge in [0.25, 0.3) is 0 Å². The number of benzene rings is 1.